The Morgan fingerprint density at radius 2 is 1.23 bits per heavy atom. The molecule has 47 heavy (non-hydrogen) atoms. The van der Waals surface area contributed by atoms with Crippen LogP contribution in [0.3, 0.4) is 0 Å². The van der Waals surface area contributed by atoms with E-state index in [2.05, 4.69) is 106 Å². The van der Waals surface area contributed by atoms with Crippen LogP contribution in [0.5, 0.6) is 0 Å². The normalized spacial score (nSPS) is 11.4. The third kappa shape index (κ3) is 4.10. The first-order valence-corrected chi connectivity index (χ1v) is 15.5. The lowest BCUT2D eigenvalue weighted by atomic mass is 9.89. The number of fused-ring (bicyclic) bond motifs is 8. The van der Waals surface area contributed by atoms with Gasteiger partial charge in [0.05, 0.1) is 40.4 Å². The van der Waals surface area contributed by atoms with Gasteiger partial charge >= 0.3 is 0 Å². The first-order chi connectivity index (χ1) is 23.2. The molecule has 0 aliphatic heterocycles. The molecule has 216 valence electrons. The van der Waals surface area contributed by atoms with Gasteiger partial charge in [-0.25, -0.2) is 9.83 Å². The van der Waals surface area contributed by atoms with Gasteiger partial charge in [0.25, 0.3) is 0 Å². The summed E-state index contributed by atoms with van der Waals surface area (Å²) in [7, 11) is 0. The Kier molecular flexibility index (Phi) is 5.90. The smallest absolute Gasteiger partial charge is 0.187 e. The average molecular weight is 597 g/mol. The van der Waals surface area contributed by atoms with Crippen LogP contribution in [-0.4, -0.2) is 9.55 Å². The van der Waals surface area contributed by atoms with Crippen LogP contribution < -0.4 is 0 Å². The van der Waals surface area contributed by atoms with Gasteiger partial charge in [0.15, 0.2) is 5.69 Å². The topological polar surface area (TPSA) is 46.0 Å². The van der Waals surface area contributed by atoms with Crippen LogP contribution in [-0.2, 0) is 0 Å². The van der Waals surface area contributed by atoms with Crippen molar-refractivity contribution in [1.29, 1.82) is 5.26 Å². The minimum atomic E-state index is 0.604. The third-order valence-electron chi connectivity index (χ3n) is 9.19. The van der Waals surface area contributed by atoms with Crippen molar-refractivity contribution in [2.24, 2.45) is 0 Å². The monoisotopic (exact) mass is 596 g/mol. The molecule has 2 aromatic heterocycles. The zero-order valence-electron chi connectivity index (χ0n) is 25.1. The summed E-state index contributed by atoms with van der Waals surface area (Å²) >= 11 is 0. The molecule has 0 spiro atoms. The highest BCUT2D eigenvalue weighted by Gasteiger charge is 2.19. The van der Waals surface area contributed by atoms with Crippen molar-refractivity contribution in [2.45, 2.75) is 0 Å². The molecule has 0 saturated carbocycles. The SMILES string of the molecule is [C-]#[N+]c1ccc(-c2nc3ccccc3c3c2cc(-c2ccc4c(c2)c2cc(C#N)ccc2n4-c2ccccc2)c2ccccc23)cc1. The fourth-order valence-corrected chi connectivity index (χ4v) is 7.08. The van der Waals surface area contributed by atoms with Crippen LogP contribution >= 0.6 is 0 Å². The van der Waals surface area contributed by atoms with Gasteiger partial charge < -0.3 is 4.57 Å². The zero-order chi connectivity index (χ0) is 31.5. The lowest BCUT2D eigenvalue weighted by Crippen LogP contribution is -1.94. The first kappa shape index (κ1) is 26.6. The quantitative estimate of drug-likeness (QED) is 0.150. The molecule has 0 saturated heterocycles. The van der Waals surface area contributed by atoms with Gasteiger partial charge in [0.1, 0.15) is 0 Å². The van der Waals surface area contributed by atoms with E-state index in [1.54, 1.807) is 0 Å². The molecule has 0 aliphatic rings. The number of pyridine rings is 1. The third-order valence-corrected chi connectivity index (χ3v) is 9.19. The lowest BCUT2D eigenvalue weighted by molar-refractivity contribution is 1.18. The molecule has 0 amide bonds. The van der Waals surface area contributed by atoms with Crippen molar-refractivity contribution in [3.05, 3.63) is 163 Å². The number of benzene rings is 7. The van der Waals surface area contributed by atoms with Crippen molar-refractivity contribution in [1.82, 2.24) is 9.55 Å². The minimum absolute atomic E-state index is 0.604. The Balaban J connectivity index is 1.39. The van der Waals surface area contributed by atoms with E-state index >= 15 is 0 Å². The van der Waals surface area contributed by atoms with E-state index in [0.717, 1.165) is 76.9 Å². The van der Waals surface area contributed by atoms with Crippen LogP contribution in [0.4, 0.5) is 5.69 Å². The van der Waals surface area contributed by atoms with Gasteiger partial charge in [-0.05, 0) is 82.1 Å². The van der Waals surface area contributed by atoms with Crippen LogP contribution in [0.1, 0.15) is 5.56 Å². The van der Waals surface area contributed by atoms with Gasteiger partial charge in [-0.2, -0.15) is 5.26 Å². The average Bonchev–Trinajstić information content (AvgIpc) is 3.47. The predicted octanol–water partition coefficient (Wildman–Crippen LogP) is 11.4. The van der Waals surface area contributed by atoms with Crippen LogP contribution in [0.2, 0.25) is 0 Å². The summed E-state index contributed by atoms with van der Waals surface area (Å²) in [5.74, 6) is 0. The maximum Gasteiger partial charge on any atom is 0.187 e. The Labute approximate surface area is 270 Å². The molecule has 0 radical (unpaired) electrons. The summed E-state index contributed by atoms with van der Waals surface area (Å²) < 4.78 is 2.27. The summed E-state index contributed by atoms with van der Waals surface area (Å²) in [6.07, 6.45) is 0. The maximum absolute atomic E-state index is 9.79. The second kappa shape index (κ2) is 10.4. The standard InChI is InChI=1S/C43H24N4/c1-45-30-19-16-28(17-20-30)43-38-25-35(32-11-5-6-12-33(32)42(38)34-13-7-8-14-39(34)46-43)29-18-22-41-37(24-29)36-23-27(26-44)15-21-40(36)47(41)31-9-3-2-4-10-31/h2-25H. The van der Waals surface area contributed by atoms with E-state index in [9.17, 15) is 5.26 Å². The van der Waals surface area contributed by atoms with E-state index in [1.165, 1.54) is 5.39 Å². The van der Waals surface area contributed by atoms with E-state index in [-0.39, 0.29) is 0 Å². The number of hydrogen-bond acceptors (Lipinski definition) is 2. The second-order valence-electron chi connectivity index (χ2n) is 11.8. The molecular formula is C43H24N4. The molecule has 9 aromatic rings. The van der Waals surface area contributed by atoms with Crippen LogP contribution in [0, 0.1) is 17.9 Å². The van der Waals surface area contributed by atoms with Gasteiger partial charge in [-0.3, -0.25) is 0 Å². The molecule has 0 aliphatic carbocycles. The van der Waals surface area contributed by atoms with Crippen molar-refractivity contribution < 1.29 is 0 Å². The molecule has 0 N–H and O–H groups in total. The number of aromatic nitrogens is 2. The number of hydrogen-bond donors (Lipinski definition) is 0. The molecule has 0 fully saturated rings. The molecule has 7 aromatic carbocycles. The number of rotatable bonds is 3. The van der Waals surface area contributed by atoms with Crippen LogP contribution in [0.25, 0.3) is 87.2 Å². The summed E-state index contributed by atoms with van der Waals surface area (Å²) in [6, 6.07) is 52.3. The Morgan fingerprint density at radius 1 is 0.574 bits per heavy atom. The minimum Gasteiger partial charge on any atom is -0.309 e. The van der Waals surface area contributed by atoms with E-state index < -0.39 is 0 Å². The number of nitriles is 1. The number of para-hydroxylation sites is 2. The van der Waals surface area contributed by atoms with Crippen molar-refractivity contribution in [2.75, 3.05) is 0 Å². The Hall–Kier alpha value is -6.75. The summed E-state index contributed by atoms with van der Waals surface area (Å²) in [6.45, 7) is 7.44. The summed E-state index contributed by atoms with van der Waals surface area (Å²) in [5, 5.41) is 17.6. The molecule has 0 bridgehead atoms. The van der Waals surface area contributed by atoms with Crippen molar-refractivity contribution >= 4 is 59.9 Å². The van der Waals surface area contributed by atoms with Crippen molar-refractivity contribution in [3.63, 3.8) is 0 Å². The van der Waals surface area contributed by atoms with E-state index in [1.807, 2.05) is 54.6 Å². The maximum atomic E-state index is 9.79. The molecule has 4 heteroatoms. The first-order valence-electron chi connectivity index (χ1n) is 15.5. The Morgan fingerprint density at radius 3 is 2.00 bits per heavy atom. The van der Waals surface area contributed by atoms with Gasteiger partial charge in [-0.1, -0.05) is 91.0 Å². The zero-order valence-corrected chi connectivity index (χ0v) is 25.1. The molecule has 2 heterocycles. The fraction of sp³-hybridized carbons (Fsp3) is 0. The molecular weight excluding hydrogens is 573 g/mol. The highest BCUT2D eigenvalue weighted by atomic mass is 15.0. The largest absolute Gasteiger partial charge is 0.309 e. The molecule has 0 unspecified atom stereocenters. The highest BCUT2D eigenvalue weighted by Crippen LogP contribution is 2.43. The summed E-state index contributed by atoms with van der Waals surface area (Å²) in [4.78, 5) is 8.81. The Bertz CT molecular complexity index is 2800. The van der Waals surface area contributed by atoms with Crippen molar-refractivity contribution in [3.8, 4) is 34.1 Å². The lowest BCUT2D eigenvalue weighted by Gasteiger charge is -2.16. The van der Waals surface area contributed by atoms with E-state index in [4.69, 9.17) is 11.6 Å². The molecule has 4 nitrogen and oxygen atoms in total. The predicted molar refractivity (Wildman–Crippen MR) is 193 cm³/mol. The molecule has 0 atom stereocenters. The number of nitrogens with zero attached hydrogens (tertiary/aromatic N) is 4. The fourth-order valence-electron chi connectivity index (χ4n) is 7.08. The summed E-state index contributed by atoms with van der Waals surface area (Å²) in [5.41, 5.74) is 9.47. The van der Waals surface area contributed by atoms with Gasteiger partial charge in [0.2, 0.25) is 0 Å². The van der Waals surface area contributed by atoms with E-state index in [0.29, 0.717) is 11.3 Å². The van der Waals surface area contributed by atoms with Gasteiger partial charge in [-0.15, -0.1) is 0 Å². The highest BCUT2D eigenvalue weighted by molar-refractivity contribution is 6.25. The second-order valence-corrected chi connectivity index (χ2v) is 11.8. The molecule has 9 rings (SSSR count). The van der Waals surface area contributed by atoms with Gasteiger partial charge in [0, 0.05) is 32.6 Å². The van der Waals surface area contributed by atoms with Crippen LogP contribution in [0.15, 0.2) is 146 Å².